The van der Waals surface area contributed by atoms with Crippen molar-refractivity contribution in [3.63, 3.8) is 0 Å². The van der Waals surface area contributed by atoms with E-state index in [0.717, 1.165) is 0 Å². The lowest BCUT2D eigenvalue weighted by molar-refractivity contribution is -0.143. The molecule has 0 aromatic heterocycles. The van der Waals surface area contributed by atoms with Gasteiger partial charge >= 0.3 is 11.9 Å². The minimum absolute atomic E-state index is 0.0612. The van der Waals surface area contributed by atoms with Gasteiger partial charge in [-0.2, -0.15) is 0 Å². The van der Waals surface area contributed by atoms with E-state index in [-0.39, 0.29) is 19.3 Å². The fourth-order valence-electron chi connectivity index (χ4n) is 2.89. The van der Waals surface area contributed by atoms with Gasteiger partial charge in [-0.25, -0.2) is 4.79 Å². The SMILES string of the molecule is NC(=O)CCC(NC(=O)C(CC(=O)O)NC(=O)C(Cc1ccccc1)NC(=O)C(N)CO)C(=O)O. The van der Waals surface area contributed by atoms with Crippen LogP contribution in [0.2, 0.25) is 0 Å². The van der Waals surface area contributed by atoms with Crippen molar-refractivity contribution in [1.82, 2.24) is 16.0 Å². The van der Waals surface area contributed by atoms with Crippen LogP contribution in [0.3, 0.4) is 0 Å². The molecule has 0 radical (unpaired) electrons. The van der Waals surface area contributed by atoms with Crippen LogP contribution < -0.4 is 27.4 Å². The van der Waals surface area contributed by atoms with E-state index in [2.05, 4.69) is 16.0 Å². The quantitative estimate of drug-likeness (QED) is 0.121. The Hall–Kier alpha value is -4.04. The molecular formula is C21H29N5O9. The van der Waals surface area contributed by atoms with E-state index >= 15 is 0 Å². The number of carboxylic acid groups (broad SMARTS) is 2. The monoisotopic (exact) mass is 495 g/mol. The first-order valence-corrected chi connectivity index (χ1v) is 10.5. The van der Waals surface area contributed by atoms with Crippen molar-refractivity contribution >= 4 is 35.6 Å². The van der Waals surface area contributed by atoms with Crippen LogP contribution in [0.5, 0.6) is 0 Å². The molecule has 14 heteroatoms. The Morgan fingerprint density at radius 1 is 0.829 bits per heavy atom. The summed E-state index contributed by atoms with van der Waals surface area (Å²) in [5, 5.41) is 34.1. The van der Waals surface area contributed by atoms with Crippen molar-refractivity contribution in [2.24, 2.45) is 11.5 Å². The number of carboxylic acids is 2. The maximum Gasteiger partial charge on any atom is 0.326 e. The lowest BCUT2D eigenvalue weighted by atomic mass is 10.0. The standard InChI is InChI=1S/C21H29N5O9/c22-12(10-27)18(31)25-14(8-11-4-2-1-3-5-11)19(32)26-15(9-17(29)30)20(33)24-13(21(34)35)6-7-16(23)28/h1-5,12-15,27H,6-10,22H2,(H2,23,28)(H,24,33)(H,25,31)(H,26,32)(H,29,30)(H,34,35). The smallest absolute Gasteiger partial charge is 0.326 e. The van der Waals surface area contributed by atoms with Gasteiger partial charge in [0.25, 0.3) is 0 Å². The summed E-state index contributed by atoms with van der Waals surface area (Å²) in [6.07, 6.45) is -1.67. The second kappa shape index (κ2) is 14.3. The third-order valence-corrected chi connectivity index (χ3v) is 4.75. The molecule has 14 nitrogen and oxygen atoms in total. The summed E-state index contributed by atoms with van der Waals surface area (Å²) in [7, 11) is 0. The Kier molecular flexibility index (Phi) is 11.8. The summed E-state index contributed by atoms with van der Waals surface area (Å²) in [6, 6.07) is 2.50. The second-order valence-corrected chi connectivity index (χ2v) is 7.60. The number of aliphatic carboxylic acids is 2. The molecule has 0 saturated carbocycles. The average Bonchev–Trinajstić information content (AvgIpc) is 2.79. The first kappa shape index (κ1) is 29.0. The predicted molar refractivity (Wildman–Crippen MR) is 119 cm³/mol. The van der Waals surface area contributed by atoms with E-state index < -0.39 is 72.8 Å². The van der Waals surface area contributed by atoms with Gasteiger partial charge in [-0.3, -0.25) is 24.0 Å². The number of hydrogen-bond acceptors (Lipinski definition) is 8. The minimum Gasteiger partial charge on any atom is -0.481 e. The fourth-order valence-corrected chi connectivity index (χ4v) is 2.89. The zero-order chi connectivity index (χ0) is 26.5. The van der Waals surface area contributed by atoms with Crippen molar-refractivity contribution < 1.29 is 44.1 Å². The van der Waals surface area contributed by atoms with Gasteiger partial charge in [0, 0.05) is 12.8 Å². The molecule has 4 amide bonds. The zero-order valence-corrected chi connectivity index (χ0v) is 18.7. The van der Waals surface area contributed by atoms with E-state index in [0.29, 0.717) is 5.56 Å². The average molecular weight is 495 g/mol. The van der Waals surface area contributed by atoms with Crippen LogP contribution in [0.15, 0.2) is 30.3 Å². The molecule has 0 aliphatic heterocycles. The summed E-state index contributed by atoms with van der Waals surface area (Å²) in [6.45, 7) is -0.697. The molecule has 0 bridgehead atoms. The number of amides is 4. The number of carbonyl (C=O) groups excluding carboxylic acids is 4. The molecule has 4 atom stereocenters. The molecule has 0 aliphatic carbocycles. The van der Waals surface area contributed by atoms with E-state index in [1.807, 2.05) is 0 Å². The molecule has 1 aromatic rings. The number of rotatable bonds is 15. The molecule has 1 aromatic carbocycles. The number of primary amides is 1. The van der Waals surface area contributed by atoms with Gasteiger partial charge in [0.2, 0.25) is 23.6 Å². The summed E-state index contributed by atoms with van der Waals surface area (Å²) in [4.78, 5) is 71.3. The zero-order valence-electron chi connectivity index (χ0n) is 18.7. The van der Waals surface area contributed by atoms with Crippen LogP contribution >= 0.6 is 0 Å². The first-order valence-electron chi connectivity index (χ1n) is 10.5. The molecule has 1 rings (SSSR count). The molecule has 192 valence electrons. The molecule has 0 saturated heterocycles. The summed E-state index contributed by atoms with van der Waals surface area (Å²) < 4.78 is 0. The lowest BCUT2D eigenvalue weighted by Gasteiger charge is -2.24. The van der Waals surface area contributed by atoms with Crippen LogP contribution in [-0.2, 0) is 35.2 Å². The van der Waals surface area contributed by atoms with Crippen LogP contribution in [0.1, 0.15) is 24.8 Å². The van der Waals surface area contributed by atoms with E-state index in [4.69, 9.17) is 21.7 Å². The van der Waals surface area contributed by atoms with Crippen LogP contribution in [0.25, 0.3) is 0 Å². The summed E-state index contributed by atoms with van der Waals surface area (Å²) in [5.41, 5.74) is 11.1. The molecule has 0 heterocycles. The number of carbonyl (C=O) groups is 6. The predicted octanol–water partition coefficient (Wildman–Crippen LogP) is -3.17. The maximum atomic E-state index is 12.9. The van der Waals surface area contributed by atoms with Crippen LogP contribution in [0.4, 0.5) is 0 Å². The van der Waals surface area contributed by atoms with Crippen molar-refractivity contribution in [2.45, 2.75) is 49.9 Å². The Morgan fingerprint density at radius 2 is 1.37 bits per heavy atom. The number of benzene rings is 1. The van der Waals surface area contributed by atoms with Gasteiger partial charge in [0.1, 0.15) is 24.2 Å². The highest BCUT2D eigenvalue weighted by molar-refractivity contribution is 5.95. The van der Waals surface area contributed by atoms with Crippen LogP contribution in [-0.4, -0.2) is 81.7 Å². The van der Waals surface area contributed by atoms with Gasteiger partial charge in [-0.05, 0) is 12.0 Å². The van der Waals surface area contributed by atoms with E-state index in [9.17, 15) is 33.9 Å². The van der Waals surface area contributed by atoms with Gasteiger partial charge in [0.15, 0.2) is 0 Å². The molecular weight excluding hydrogens is 466 g/mol. The summed E-state index contributed by atoms with van der Waals surface area (Å²) >= 11 is 0. The molecule has 0 aliphatic rings. The van der Waals surface area contributed by atoms with Crippen LogP contribution in [0, 0.1) is 0 Å². The highest BCUT2D eigenvalue weighted by atomic mass is 16.4. The van der Waals surface area contributed by atoms with Crippen molar-refractivity contribution in [1.29, 1.82) is 0 Å². The van der Waals surface area contributed by atoms with Gasteiger partial charge in [-0.1, -0.05) is 30.3 Å². The van der Waals surface area contributed by atoms with E-state index in [1.54, 1.807) is 30.3 Å². The lowest BCUT2D eigenvalue weighted by Crippen LogP contribution is -2.58. The maximum absolute atomic E-state index is 12.9. The van der Waals surface area contributed by atoms with Gasteiger partial charge in [0.05, 0.1) is 13.0 Å². The normalized spacial score (nSPS) is 14.0. The van der Waals surface area contributed by atoms with Crippen molar-refractivity contribution in [3.05, 3.63) is 35.9 Å². The molecule has 10 N–H and O–H groups in total. The number of aliphatic hydroxyl groups is 1. The number of nitrogens with two attached hydrogens (primary N) is 2. The molecule has 35 heavy (non-hydrogen) atoms. The Labute approximate surface area is 200 Å². The Balaban J connectivity index is 3.07. The number of nitrogens with one attached hydrogen (secondary N) is 3. The van der Waals surface area contributed by atoms with Crippen molar-refractivity contribution in [2.75, 3.05) is 6.61 Å². The first-order chi connectivity index (χ1) is 16.4. The fraction of sp³-hybridized carbons (Fsp3) is 0.429. The number of hydrogen-bond donors (Lipinski definition) is 8. The van der Waals surface area contributed by atoms with Gasteiger partial charge in [-0.15, -0.1) is 0 Å². The minimum atomic E-state index is -1.71. The van der Waals surface area contributed by atoms with Gasteiger partial charge < -0.3 is 42.7 Å². The molecule has 0 spiro atoms. The third-order valence-electron chi connectivity index (χ3n) is 4.75. The molecule has 4 unspecified atom stereocenters. The molecule has 0 fully saturated rings. The largest absolute Gasteiger partial charge is 0.481 e. The number of aliphatic hydroxyl groups excluding tert-OH is 1. The Morgan fingerprint density at radius 3 is 1.89 bits per heavy atom. The van der Waals surface area contributed by atoms with E-state index in [1.165, 1.54) is 0 Å². The van der Waals surface area contributed by atoms with Crippen molar-refractivity contribution in [3.8, 4) is 0 Å². The highest BCUT2D eigenvalue weighted by Crippen LogP contribution is 2.06. The third kappa shape index (κ3) is 10.6. The summed E-state index contributed by atoms with van der Waals surface area (Å²) in [5.74, 6) is -6.71. The topological polar surface area (TPSA) is 251 Å². The highest BCUT2D eigenvalue weighted by Gasteiger charge is 2.31. The Bertz CT molecular complexity index is 925. The second-order valence-electron chi connectivity index (χ2n) is 7.60.